The van der Waals surface area contributed by atoms with Crippen LogP contribution in [0.15, 0.2) is 42.5 Å². The Morgan fingerprint density at radius 2 is 1.80 bits per heavy atom. The average molecular weight is 411 g/mol. The molecule has 30 heavy (non-hydrogen) atoms. The standard InChI is InChI=1S/C23H27NO3.CH2O2/c1-2-24(20-5-3-4-6-21(20)25)23(26)17-9-7-16(8-10-17)18-11-12-22-19(15-18)13-14-27-22;2-1-3/h7-12,15,20-21,25H,2-6,13-14H2,1H3;1H,(H,2,3)/t20-,21-;/m1./s1. The van der Waals surface area contributed by atoms with Gasteiger partial charge in [0.15, 0.2) is 0 Å². The van der Waals surface area contributed by atoms with Crippen LogP contribution in [0.5, 0.6) is 5.75 Å². The Hall–Kier alpha value is -2.86. The van der Waals surface area contributed by atoms with Gasteiger partial charge in [-0.05, 0) is 60.7 Å². The first-order chi connectivity index (χ1) is 14.6. The second-order valence-electron chi connectivity index (χ2n) is 7.61. The Balaban J connectivity index is 0.000000806. The third-order valence-corrected chi connectivity index (χ3v) is 5.85. The van der Waals surface area contributed by atoms with Crippen LogP contribution in [0.25, 0.3) is 11.1 Å². The maximum absolute atomic E-state index is 13.0. The summed E-state index contributed by atoms with van der Waals surface area (Å²) in [5.74, 6) is 0.993. The van der Waals surface area contributed by atoms with Crippen molar-refractivity contribution in [1.29, 1.82) is 0 Å². The SMILES string of the molecule is CCN(C(=O)c1ccc(-c2ccc3c(c2)CCO3)cc1)[C@@H]1CCCC[C@H]1O.O=CO. The molecule has 2 N–H and O–H groups in total. The molecule has 0 aromatic heterocycles. The Morgan fingerprint density at radius 1 is 1.13 bits per heavy atom. The predicted octanol–water partition coefficient (Wildman–Crippen LogP) is 3.75. The van der Waals surface area contributed by atoms with Crippen molar-refractivity contribution in [3.05, 3.63) is 53.6 Å². The minimum Gasteiger partial charge on any atom is -0.493 e. The number of hydrogen-bond donors (Lipinski definition) is 2. The molecule has 6 heteroatoms. The van der Waals surface area contributed by atoms with E-state index in [0.29, 0.717) is 12.1 Å². The Labute approximate surface area is 177 Å². The van der Waals surface area contributed by atoms with E-state index in [-0.39, 0.29) is 18.4 Å². The molecule has 1 fully saturated rings. The normalized spacial score (nSPS) is 19.7. The fourth-order valence-electron chi connectivity index (χ4n) is 4.32. The summed E-state index contributed by atoms with van der Waals surface area (Å²) in [6.45, 7) is 3.11. The number of nitrogens with zero attached hydrogens (tertiary/aromatic N) is 1. The van der Waals surface area contributed by atoms with Crippen molar-refractivity contribution in [2.45, 2.75) is 51.2 Å². The quantitative estimate of drug-likeness (QED) is 0.748. The zero-order valence-electron chi connectivity index (χ0n) is 17.3. The van der Waals surface area contributed by atoms with Crippen LogP contribution in [-0.2, 0) is 11.2 Å². The highest BCUT2D eigenvalue weighted by atomic mass is 16.5. The molecule has 6 nitrogen and oxygen atoms in total. The number of aliphatic hydroxyl groups excluding tert-OH is 1. The highest BCUT2D eigenvalue weighted by Crippen LogP contribution is 2.31. The molecular formula is C24H29NO5. The van der Waals surface area contributed by atoms with E-state index < -0.39 is 6.10 Å². The Kier molecular flexibility index (Phi) is 7.46. The summed E-state index contributed by atoms with van der Waals surface area (Å²) >= 11 is 0. The van der Waals surface area contributed by atoms with E-state index in [1.165, 1.54) is 5.56 Å². The Morgan fingerprint density at radius 3 is 2.47 bits per heavy atom. The summed E-state index contributed by atoms with van der Waals surface area (Å²) in [4.78, 5) is 23.2. The van der Waals surface area contributed by atoms with Crippen LogP contribution in [0, 0.1) is 0 Å². The van der Waals surface area contributed by atoms with Gasteiger partial charge >= 0.3 is 0 Å². The minimum atomic E-state index is -0.407. The molecule has 4 rings (SSSR count). The molecule has 2 aliphatic rings. The molecule has 0 bridgehead atoms. The van der Waals surface area contributed by atoms with Gasteiger partial charge in [-0.3, -0.25) is 9.59 Å². The summed E-state index contributed by atoms with van der Waals surface area (Å²) in [6.07, 6.45) is 4.34. The van der Waals surface area contributed by atoms with Crippen molar-refractivity contribution in [2.75, 3.05) is 13.2 Å². The first-order valence-corrected chi connectivity index (χ1v) is 10.5. The molecule has 2 atom stereocenters. The van der Waals surface area contributed by atoms with Gasteiger partial charge in [0.2, 0.25) is 0 Å². The number of ether oxygens (including phenoxy) is 1. The average Bonchev–Trinajstić information content (AvgIpc) is 3.24. The molecular weight excluding hydrogens is 382 g/mol. The van der Waals surface area contributed by atoms with Crippen molar-refractivity contribution < 1.29 is 24.5 Å². The molecule has 0 saturated heterocycles. The monoisotopic (exact) mass is 411 g/mol. The third kappa shape index (κ3) is 4.82. The predicted molar refractivity (Wildman–Crippen MR) is 115 cm³/mol. The second kappa shape index (κ2) is 10.3. The van der Waals surface area contributed by atoms with Crippen molar-refractivity contribution in [1.82, 2.24) is 4.90 Å². The van der Waals surface area contributed by atoms with E-state index in [1.54, 1.807) is 0 Å². The minimum absolute atomic E-state index is 0.0114. The van der Waals surface area contributed by atoms with Gasteiger partial charge in [-0.15, -0.1) is 0 Å². The summed E-state index contributed by atoms with van der Waals surface area (Å²) in [5.41, 5.74) is 4.18. The molecule has 160 valence electrons. The van der Waals surface area contributed by atoms with Gasteiger partial charge in [-0.1, -0.05) is 31.0 Å². The summed E-state index contributed by atoms with van der Waals surface area (Å²) in [6, 6.07) is 14.0. The number of carboxylic acid groups (broad SMARTS) is 1. The zero-order chi connectivity index (χ0) is 21.5. The number of aliphatic hydroxyl groups is 1. The molecule has 0 spiro atoms. The van der Waals surface area contributed by atoms with Gasteiger partial charge in [0, 0.05) is 18.5 Å². The van der Waals surface area contributed by atoms with Crippen LogP contribution in [0.3, 0.4) is 0 Å². The highest BCUT2D eigenvalue weighted by Gasteiger charge is 2.31. The summed E-state index contributed by atoms with van der Waals surface area (Å²) in [7, 11) is 0. The first kappa shape index (κ1) is 21.8. The van der Waals surface area contributed by atoms with Gasteiger partial charge in [0.25, 0.3) is 12.4 Å². The largest absolute Gasteiger partial charge is 0.493 e. The van der Waals surface area contributed by atoms with Crippen LogP contribution in [0.4, 0.5) is 0 Å². The molecule has 1 amide bonds. The van der Waals surface area contributed by atoms with Crippen LogP contribution in [0.1, 0.15) is 48.5 Å². The first-order valence-electron chi connectivity index (χ1n) is 10.5. The molecule has 1 saturated carbocycles. The fourth-order valence-corrected chi connectivity index (χ4v) is 4.32. The summed E-state index contributed by atoms with van der Waals surface area (Å²) < 4.78 is 5.57. The van der Waals surface area contributed by atoms with Crippen molar-refractivity contribution >= 4 is 12.4 Å². The van der Waals surface area contributed by atoms with E-state index in [1.807, 2.05) is 42.2 Å². The lowest BCUT2D eigenvalue weighted by molar-refractivity contribution is -0.122. The second-order valence-corrected chi connectivity index (χ2v) is 7.61. The number of likely N-dealkylation sites (N-methyl/N-ethyl adjacent to an activating group) is 1. The highest BCUT2D eigenvalue weighted by molar-refractivity contribution is 5.95. The van der Waals surface area contributed by atoms with E-state index in [0.717, 1.165) is 55.6 Å². The van der Waals surface area contributed by atoms with Gasteiger partial charge in [0.1, 0.15) is 5.75 Å². The fraction of sp³-hybridized carbons (Fsp3) is 0.417. The number of carbonyl (C=O) groups excluding carboxylic acids is 1. The number of benzene rings is 2. The van der Waals surface area contributed by atoms with Crippen molar-refractivity contribution in [3.63, 3.8) is 0 Å². The summed E-state index contributed by atoms with van der Waals surface area (Å²) in [5, 5.41) is 17.2. The van der Waals surface area contributed by atoms with Crippen LogP contribution < -0.4 is 4.74 Å². The Bertz CT molecular complexity index is 864. The number of fused-ring (bicyclic) bond motifs is 1. The van der Waals surface area contributed by atoms with Crippen LogP contribution >= 0.6 is 0 Å². The van der Waals surface area contributed by atoms with Gasteiger partial charge in [0.05, 0.1) is 18.8 Å². The zero-order valence-corrected chi connectivity index (χ0v) is 17.3. The lowest BCUT2D eigenvalue weighted by Crippen LogP contribution is -2.48. The maximum atomic E-state index is 13.0. The molecule has 2 aromatic carbocycles. The third-order valence-electron chi connectivity index (χ3n) is 5.85. The number of hydrogen-bond acceptors (Lipinski definition) is 4. The number of amides is 1. The smallest absolute Gasteiger partial charge is 0.290 e. The molecule has 2 aromatic rings. The van der Waals surface area contributed by atoms with Gasteiger partial charge < -0.3 is 19.8 Å². The maximum Gasteiger partial charge on any atom is 0.290 e. The van der Waals surface area contributed by atoms with E-state index in [9.17, 15) is 9.90 Å². The van der Waals surface area contributed by atoms with E-state index in [4.69, 9.17) is 14.6 Å². The van der Waals surface area contributed by atoms with Crippen LogP contribution in [0.2, 0.25) is 0 Å². The number of carbonyl (C=O) groups is 2. The molecule has 1 aliphatic carbocycles. The van der Waals surface area contributed by atoms with Gasteiger partial charge in [-0.2, -0.15) is 0 Å². The molecule has 0 unspecified atom stereocenters. The number of rotatable bonds is 4. The lowest BCUT2D eigenvalue weighted by Gasteiger charge is -2.37. The molecule has 1 heterocycles. The van der Waals surface area contributed by atoms with E-state index in [2.05, 4.69) is 12.1 Å². The molecule has 1 aliphatic heterocycles. The van der Waals surface area contributed by atoms with Gasteiger partial charge in [-0.25, -0.2) is 0 Å². The van der Waals surface area contributed by atoms with Crippen molar-refractivity contribution in [3.8, 4) is 16.9 Å². The van der Waals surface area contributed by atoms with E-state index >= 15 is 0 Å². The topological polar surface area (TPSA) is 87.1 Å². The van der Waals surface area contributed by atoms with Crippen LogP contribution in [-0.4, -0.2) is 52.8 Å². The lowest BCUT2D eigenvalue weighted by atomic mass is 9.91. The van der Waals surface area contributed by atoms with Crippen molar-refractivity contribution in [2.24, 2.45) is 0 Å². The molecule has 0 radical (unpaired) electrons.